The van der Waals surface area contributed by atoms with E-state index in [9.17, 15) is 9.18 Å². The van der Waals surface area contributed by atoms with E-state index in [1.807, 2.05) is 19.1 Å². The van der Waals surface area contributed by atoms with Gasteiger partial charge < -0.3 is 5.32 Å². The molecule has 0 aliphatic heterocycles. The second-order valence-corrected chi connectivity index (χ2v) is 5.45. The van der Waals surface area contributed by atoms with Gasteiger partial charge in [0.2, 0.25) is 0 Å². The Bertz CT molecular complexity index is 610. The molecule has 104 valence electrons. The molecule has 20 heavy (non-hydrogen) atoms. The lowest BCUT2D eigenvalue weighted by atomic mass is 10.1. The first-order valence-corrected chi connectivity index (χ1v) is 7.14. The van der Waals surface area contributed by atoms with Crippen LogP contribution in [0.4, 0.5) is 4.39 Å². The summed E-state index contributed by atoms with van der Waals surface area (Å²) in [6, 6.07) is 11.8. The summed E-state index contributed by atoms with van der Waals surface area (Å²) >= 11 is 3.41. The van der Waals surface area contributed by atoms with Crippen LogP contribution in [0.1, 0.15) is 21.5 Å². The lowest BCUT2D eigenvalue weighted by Crippen LogP contribution is -2.25. The third kappa shape index (κ3) is 3.90. The van der Waals surface area contributed by atoms with Crippen LogP contribution in [0.3, 0.4) is 0 Å². The Labute approximate surface area is 126 Å². The molecule has 2 rings (SSSR count). The summed E-state index contributed by atoms with van der Waals surface area (Å²) in [6.07, 6.45) is 0.680. The van der Waals surface area contributed by atoms with Crippen molar-refractivity contribution >= 4 is 21.8 Å². The molecule has 0 aliphatic rings. The predicted molar refractivity (Wildman–Crippen MR) is 81.3 cm³/mol. The maximum Gasteiger partial charge on any atom is 0.251 e. The van der Waals surface area contributed by atoms with Gasteiger partial charge in [0.1, 0.15) is 5.82 Å². The van der Waals surface area contributed by atoms with Crippen LogP contribution in [0.15, 0.2) is 46.9 Å². The van der Waals surface area contributed by atoms with Gasteiger partial charge in [-0.3, -0.25) is 4.79 Å². The van der Waals surface area contributed by atoms with Crippen molar-refractivity contribution in [1.29, 1.82) is 0 Å². The highest BCUT2D eigenvalue weighted by atomic mass is 79.9. The highest BCUT2D eigenvalue weighted by Crippen LogP contribution is 2.17. The number of amides is 1. The van der Waals surface area contributed by atoms with Crippen molar-refractivity contribution in [3.63, 3.8) is 0 Å². The van der Waals surface area contributed by atoms with Gasteiger partial charge in [0.05, 0.1) is 0 Å². The Balaban J connectivity index is 1.88. The topological polar surface area (TPSA) is 29.1 Å². The Hall–Kier alpha value is -1.68. The molecule has 0 saturated carbocycles. The highest BCUT2D eigenvalue weighted by Gasteiger charge is 2.06. The van der Waals surface area contributed by atoms with E-state index < -0.39 is 0 Å². The third-order valence-corrected chi connectivity index (χ3v) is 3.90. The van der Waals surface area contributed by atoms with Gasteiger partial charge in [-0.15, -0.1) is 0 Å². The second-order valence-electron chi connectivity index (χ2n) is 4.60. The van der Waals surface area contributed by atoms with E-state index in [0.717, 1.165) is 15.6 Å². The molecule has 0 heterocycles. The van der Waals surface area contributed by atoms with Crippen LogP contribution < -0.4 is 5.32 Å². The number of halogens is 2. The number of aryl methyl sites for hydroxylation is 1. The van der Waals surface area contributed by atoms with Gasteiger partial charge in [-0.05, 0) is 48.7 Å². The Kier molecular flexibility index (Phi) is 4.90. The fourth-order valence-electron chi connectivity index (χ4n) is 1.81. The zero-order valence-electron chi connectivity index (χ0n) is 11.1. The van der Waals surface area contributed by atoms with E-state index in [1.165, 1.54) is 12.1 Å². The fraction of sp³-hybridized carbons (Fsp3) is 0.188. The average Bonchev–Trinajstić information content (AvgIpc) is 2.44. The molecule has 0 bridgehead atoms. The number of carbonyl (C=O) groups is 1. The van der Waals surface area contributed by atoms with Gasteiger partial charge in [0.25, 0.3) is 5.91 Å². The van der Waals surface area contributed by atoms with Crippen LogP contribution in [-0.2, 0) is 6.42 Å². The van der Waals surface area contributed by atoms with Crippen molar-refractivity contribution in [3.8, 4) is 0 Å². The molecular weight excluding hydrogens is 321 g/mol. The first-order valence-electron chi connectivity index (χ1n) is 6.35. The lowest BCUT2D eigenvalue weighted by Gasteiger charge is -2.07. The number of hydrogen-bond donors (Lipinski definition) is 1. The zero-order valence-corrected chi connectivity index (χ0v) is 12.7. The molecule has 4 heteroatoms. The van der Waals surface area contributed by atoms with Crippen LogP contribution in [0.5, 0.6) is 0 Å². The zero-order chi connectivity index (χ0) is 14.5. The van der Waals surface area contributed by atoms with Crippen molar-refractivity contribution < 1.29 is 9.18 Å². The van der Waals surface area contributed by atoms with Gasteiger partial charge in [-0.2, -0.15) is 0 Å². The third-order valence-electron chi connectivity index (χ3n) is 3.05. The molecular formula is C16H15BrFNO. The molecule has 2 nitrogen and oxygen atoms in total. The summed E-state index contributed by atoms with van der Waals surface area (Å²) in [6.45, 7) is 2.50. The minimum absolute atomic E-state index is 0.104. The van der Waals surface area contributed by atoms with Crippen LogP contribution in [0.2, 0.25) is 0 Å². The van der Waals surface area contributed by atoms with E-state index in [1.54, 1.807) is 18.2 Å². The predicted octanol–water partition coefficient (Wildman–Crippen LogP) is 3.87. The van der Waals surface area contributed by atoms with E-state index in [-0.39, 0.29) is 11.7 Å². The maximum atomic E-state index is 12.8. The van der Waals surface area contributed by atoms with Crippen LogP contribution in [0, 0.1) is 12.7 Å². The number of carbonyl (C=O) groups excluding carboxylic acids is 1. The number of hydrogen-bond acceptors (Lipinski definition) is 1. The van der Waals surface area contributed by atoms with E-state index in [2.05, 4.69) is 21.2 Å². The Morgan fingerprint density at radius 2 is 1.90 bits per heavy atom. The van der Waals surface area contributed by atoms with Gasteiger partial charge in [0.15, 0.2) is 0 Å². The normalized spacial score (nSPS) is 10.3. The minimum atomic E-state index is -0.248. The summed E-state index contributed by atoms with van der Waals surface area (Å²) in [5.74, 6) is -0.352. The number of nitrogens with one attached hydrogen (secondary N) is 1. The molecule has 2 aromatic rings. The molecule has 0 aromatic heterocycles. The smallest absolute Gasteiger partial charge is 0.251 e. The summed E-state index contributed by atoms with van der Waals surface area (Å²) in [4.78, 5) is 12.0. The molecule has 0 spiro atoms. The SMILES string of the molecule is Cc1ccc(C(=O)NCCc2ccc(F)cc2)cc1Br. The Morgan fingerprint density at radius 3 is 2.55 bits per heavy atom. The van der Waals surface area contributed by atoms with Crippen molar-refractivity contribution in [2.45, 2.75) is 13.3 Å². The molecule has 1 amide bonds. The largest absolute Gasteiger partial charge is 0.352 e. The van der Waals surface area contributed by atoms with Crippen molar-refractivity contribution in [1.82, 2.24) is 5.32 Å². The second kappa shape index (κ2) is 6.66. The van der Waals surface area contributed by atoms with Gasteiger partial charge in [-0.25, -0.2) is 4.39 Å². The molecule has 0 fully saturated rings. The molecule has 0 saturated heterocycles. The van der Waals surface area contributed by atoms with E-state index in [0.29, 0.717) is 18.5 Å². The summed E-state index contributed by atoms with van der Waals surface area (Å²) in [5.41, 5.74) is 2.71. The van der Waals surface area contributed by atoms with Gasteiger partial charge in [0, 0.05) is 16.6 Å². The van der Waals surface area contributed by atoms with Crippen LogP contribution in [0.25, 0.3) is 0 Å². The molecule has 0 aliphatic carbocycles. The monoisotopic (exact) mass is 335 g/mol. The number of rotatable bonds is 4. The molecule has 0 radical (unpaired) electrons. The lowest BCUT2D eigenvalue weighted by molar-refractivity contribution is 0.0954. The van der Waals surface area contributed by atoms with Crippen molar-refractivity contribution in [2.24, 2.45) is 0 Å². The summed E-state index contributed by atoms with van der Waals surface area (Å²) < 4.78 is 13.7. The van der Waals surface area contributed by atoms with Crippen LogP contribution >= 0.6 is 15.9 Å². The maximum absolute atomic E-state index is 12.8. The van der Waals surface area contributed by atoms with Crippen molar-refractivity contribution in [3.05, 3.63) is 69.4 Å². The first-order chi connectivity index (χ1) is 9.56. The summed E-state index contributed by atoms with van der Waals surface area (Å²) in [5, 5.41) is 2.86. The first kappa shape index (κ1) is 14.7. The average molecular weight is 336 g/mol. The fourth-order valence-corrected chi connectivity index (χ4v) is 2.19. The van der Waals surface area contributed by atoms with Crippen LogP contribution in [-0.4, -0.2) is 12.5 Å². The highest BCUT2D eigenvalue weighted by molar-refractivity contribution is 9.10. The number of benzene rings is 2. The molecule has 0 unspecified atom stereocenters. The quantitative estimate of drug-likeness (QED) is 0.902. The Morgan fingerprint density at radius 1 is 1.20 bits per heavy atom. The molecule has 2 aromatic carbocycles. The van der Waals surface area contributed by atoms with E-state index >= 15 is 0 Å². The minimum Gasteiger partial charge on any atom is -0.352 e. The standard InChI is InChI=1S/C16H15BrFNO/c1-11-2-5-13(10-15(11)17)16(20)19-9-8-12-3-6-14(18)7-4-12/h2-7,10H,8-9H2,1H3,(H,19,20). The van der Waals surface area contributed by atoms with Gasteiger partial charge >= 0.3 is 0 Å². The van der Waals surface area contributed by atoms with Crippen molar-refractivity contribution in [2.75, 3.05) is 6.54 Å². The molecule has 0 atom stereocenters. The van der Waals surface area contributed by atoms with Gasteiger partial charge in [-0.1, -0.05) is 34.1 Å². The summed E-state index contributed by atoms with van der Waals surface area (Å²) in [7, 11) is 0. The van der Waals surface area contributed by atoms with E-state index in [4.69, 9.17) is 0 Å². The molecule has 1 N–H and O–H groups in total.